The number of nitrogens with zero attached hydrogens (tertiary/aromatic N) is 1. The maximum atomic E-state index is 12.2. The highest BCUT2D eigenvalue weighted by molar-refractivity contribution is 7.13. The van der Waals surface area contributed by atoms with Crippen molar-refractivity contribution in [2.45, 2.75) is 33.1 Å². The number of thiazole rings is 1. The normalized spacial score (nSPS) is 11.6. The molecule has 0 aliphatic heterocycles. The van der Waals surface area contributed by atoms with Gasteiger partial charge in [-0.05, 0) is 17.9 Å². The Morgan fingerprint density at radius 1 is 1.17 bits per heavy atom. The fourth-order valence-corrected chi connectivity index (χ4v) is 2.47. The van der Waals surface area contributed by atoms with E-state index in [4.69, 9.17) is 0 Å². The monoisotopic (exact) mass is 259 g/mol. The van der Waals surface area contributed by atoms with Gasteiger partial charge in [0.05, 0.1) is 9.88 Å². The van der Waals surface area contributed by atoms with Crippen molar-refractivity contribution < 1.29 is 4.79 Å². The van der Waals surface area contributed by atoms with Gasteiger partial charge in [-0.25, -0.2) is 4.98 Å². The van der Waals surface area contributed by atoms with Gasteiger partial charge in [0.2, 0.25) is 5.78 Å². The number of aromatic nitrogens is 1. The van der Waals surface area contributed by atoms with E-state index in [1.54, 1.807) is 6.20 Å². The lowest BCUT2D eigenvalue weighted by Crippen LogP contribution is -2.11. The van der Waals surface area contributed by atoms with Crippen molar-refractivity contribution >= 4 is 17.1 Å². The van der Waals surface area contributed by atoms with Gasteiger partial charge < -0.3 is 0 Å². The predicted octanol–water partition coefficient (Wildman–Crippen LogP) is 3.98. The summed E-state index contributed by atoms with van der Waals surface area (Å²) >= 11 is 1.44. The van der Waals surface area contributed by atoms with Crippen LogP contribution in [0.25, 0.3) is 0 Å². The zero-order valence-electron chi connectivity index (χ0n) is 11.2. The molecule has 1 aromatic heterocycles. The van der Waals surface area contributed by atoms with Gasteiger partial charge in [-0.1, -0.05) is 45.0 Å². The van der Waals surface area contributed by atoms with Gasteiger partial charge in [-0.15, -0.1) is 11.3 Å². The Morgan fingerprint density at radius 3 is 2.22 bits per heavy atom. The number of ketones is 1. The molecule has 0 aliphatic carbocycles. The van der Waals surface area contributed by atoms with Gasteiger partial charge in [0, 0.05) is 11.8 Å². The molecule has 18 heavy (non-hydrogen) atoms. The smallest absolute Gasteiger partial charge is 0.204 e. The van der Waals surface area contributed by atoms with Crippen molar-refractivity contribution in [1.82, 2.24) is 4.98 Å². The van der Waals surface area contributed by atoms with Crippen LogP contribution in [0.4, 0.5) is 0 Å². The van der Waals surface area contributed by atoms with Crippen molar-refractivity contribution in [3.8, 4) is 0 Å². The van der Waals surface area contributed by atoms with Crippen LogP contribution < -0.4 is 0 Å². The van der Waals surface area contributed by atoms with Gasteiger partial charge in [0.25, 0.3) is 0 Å². The number of hydrogen-bond acceptors (Lipinski definition) is 3. The number of hydrogen-bond donors (Lipinski definition) is 0. The Labute approximate surface area is 112 Å². The molecule has 94 valence electrons. The number of carbonyl (C=O) groups excluding carboxylic acids is 1. The first kappa shape index (κ1) is 13.0. The molecular weight excluding hydrogens is 242 g/mol. The van der Waals surface area contributed by atoms with Crippen LogP contribution in [-0.2, 0) is 5.41 Å². The third kappa shape index (κ3) is 2.67. The van der Waals surface area contributed by atoms with E-state index >= 15 is 0 Å². The van der Waals surface area contributed by atoms with Crippen molar-refractivity contribution in [3.05, 3.63) is 51.5 Å². The summed E-state index contributed by atoms with van der Waals surface area (Å²) in [5.41, 5.74) is 2.08. The molecule has 3 heteroatoms. The van der Waals surface area contributed by atoms with Gasteiger partial charge in [0.15, 0.2) is 0 Å². The summed E-state index contributed by atoms with van der Waals surface area (Å²) < 4.78 is 0. The van der Waals surface area contributed by atoms with Crippen LogP contribution in [0.5, 0.6) is 0 Å². The summed E-state index contributed by atoms with van der Waals surface area (Å²) in [6.45, 7) is 8.40. The van der Waals surface area contributed by atoms with E-state index in [0.717, 1.165) is 10.6 Å². The van der Waals surface area contributed by atoms with Gasteiger partial charge >= 0.3 is 0 Å². The topological polar surface area (TPSA) is 30.0 Å². The molecule has 1 heterocycles. The highest BCUT2D eigenvalue weighted by Gasteiger charge is 2.15. The Kier molecular flexibility index (Phi) is 3.35. The van der Waals surface area contributed by atoms with Gasteiger partial charge in [0.1, 0.15) is 0 Å². The lowest BCUT2D eigenvalue weighted by Gasteiger charge is -2.18. The lowest BCUT2D eigenvalue weighted by molar-refractivity contribution is 0.104. The zero-order chi connectivity index (χ0) is 13.3. The Balaban J connectivity index is 2.28. The summed E-state index contributed by atoms with van der Waals surface area (Å²) in [6, 6.07) is 7.86. The van der Waals surface area contributed by atoms with Crippen molar-refractivity contribution in [2.24, 2.45) is 0 Å². The molecule has 0 radical (unpaired) electrons. The molecule has 0 unspecified atom stereocenters. The second-order valence-corrected chi connectivity index (χ2v) is 6.63. The minimum atomic E-state index is 0.0565. The number of rotatable bonds is 2. The first-order valence-electron chi connectivity index (χ1n) is 5.95. The van der Waals surface area contributed by atoms with Crippen LogP contribution in [0.2, 0.25) is 0 Å². The molecule has 0 bridgehead atoms. The first-order chi connectivity index (χ1) is 8.38. The Morgan fingerprint density at radius 2 is 1.78 bits per heavy atom. The molecule has 0 atom stereocenters. The molecule has 2 aromatic rings. The number of aryl methyl sites for hydroxylation is 1. The van der Waals surface area contributed by atoms with E-state index in [-0.39, 0.29) is 11.2 Å². The summed E-state index contributed by atoms with van der Waals surface area (Å²) in [5.74, 6) is 0.0565. The molecule has 0 amide bonds. The SMILES string of the molecule is Cc1ncc(C(=O)c2ccc(C(C)(C)C)cc2)s1. The molecule has 0 saturated heterocycles. The highest BCUT2D eigenvalue weighted by atomic mass is 32.1. The fraction of sp³-hybridized carbons (Fsp3) is 0.333. The molecule has 1 aromatic carbocycles. The van der Waals surface area contributed by atoms with Crippen LogP contribution in [0, 0.1) is 6.92 Å². The average molecular weight is 259 g/mol. The summed E-state index contributed by atoms with van der Waals surface area (Å²) in [5, 5.41) is 0.921. The molecule has 0 fully saturated rings. The average Bonchev–Trinajstić information content (AvgIpc) is 2.74. The second-order valence-electron chi connectivity index (χ2n) is 5.40. The Hall–Kier alpha value is -1.48. The minimum absolute atomic E-state index is 0.0565. The predicted molar refractivity (Wildman–Crippen MR) is 75.4 cm³/mol. The maximum Gasteiger partial charge on any atom is 0.204 e. The van der Waals surface area contributed by atoms with Gasteiger partial charge in [-0.2, -0.15) is 0 Å². The van der Waals surface area contributed by atoms with Crippen LogP contribution >= 0.6 is 11.3 Å². The van der Waals surface area contributed by atoms with Gasteiger partial charge in [-0.3, -0.25) is 4.79 Å². The Bertz CT molecular complexity index is 561. The largest absolute Gasteiger partial charge is 0.288 e. The summed E-state index contributed by atoms with van der Waals surface area (Å²) in [7, 11) is 0. The summed E-state index contributed by atoms with van der Waals surface area (Å²) in [6.07, 6.45) is 1.65. The second kappa shape index (κ2) is 4.65. The third-order valence-electron chi connectivity index (χ3n) is 2.86. The van der Waals surface area contributed by atoms with E-state index in [9.17, 15) is 4.79 Å². The lowest BCUT2D eigenvalue weighted by atomic mass is 9.86. The van der Waals surface area contributed by atoms with Crippen LogP contribution in [-0.4, -0.2) is 10.8 Å². The summed E-state index contributed by atoms with van der Waals surface area (Å²) in [4.78, 5) is 17.0. The molecule has 0 N–H and O–H groups in total. The third-order valence-corrected chi connectivity index (χ3v) is 3.77. The molecule has 0 aliphatic rings. The van der Waals surface area contributed by atoms with E-state index in [0.29, 0.717) is 4.88 Å². The quantitative estimate of drug-likeness (QED) is 0.764. The molecular formula is C15H17NOS. The first-order valence-corrected chi connectivity index (χ1v) is 6.77. The number of benzene rings is 1. The standard InChI is InChI=1S/C15H17NOS/c1-10-16-9-13(18-10)14(17)11-5-7-12(8-6-11)15(2,3)4/h5-9H,1-4H3. The van der Waals surface area contributed by atoms with Crippen molar-refractivity contribution in [2.75, 3.05) is 0 Å². The van der Waals surface area contributed by atoms with E-state index < -0.39 is 0 Å². The van der Waals surface area contributed by atoms with E-state index in [1.165, 1.54) is 16.9 Å². The molecule has 2 nitrogen and oxygen atoms in total. The van der Waals surface area contributed by atoms with E-state index in [1.807, 2.05) is 31.2 Å². The number of carbonyl (C=O) groups is 1. The fourth-order valence-electron chi connectivity index (χ4n) is 1.73. The van der Waals surface area contributed by atoms with Crippen LogP contribution in [0.1, 0.15) is 46.6 Å². The van der Waals surface area contributed by atoms with Crippen LogP contribution in [0.15, 0.2) is 30.5 Å². The molecule has 2 rings (SSSR count). The van der Waals surface area contributed by atoms with E-state index in [2.05, 4.69) is 25.8 Å². The zero-order valence-corrected chi connectivity index (χ0v) is 12.0. The van der Waals surface area contributed by atoms with Crippen LogP contribution in [0.3, 0.4) is 0 Å². The van der Waals surface area contributed by atoms with Crippen molar-refractivity contribution in [1.29, 1.82) is 0 Å². The minimum Gasteiger partial charge on any atom is -0.288 e. The highest BCUT2D eigenvalue weighted by Crippen LogP contribution is 2.23. The molecule has 0 saturated carbocycles. The maximum absolute atomic E-state index is 12.2. The van der Waals surface area contributed by atoms with Crippen molar-refractivity contribution in [3.63, 3.8) is 0 Å². The molecule has 0 spiro atoms.